The third-order valence-electron chi connectivity index (χ3n) is 4.77. The van der Waals surface area contributed by atoms with Gasteiger partial charge in [-0.1, -0.05) is 0 Å². The molecule has 2 heterocycles. The maximum Gasteiger partial charge on any atom is 0.401 e. The monoisotopic (exact) mass is 421 g/mol. The van der Waals surface area contributed by atoms with Gasteiger partial charge in [-0.05, 0) is 24.3 Å². The summed E-state index contributed by atoms with van der Waals surface area (Å²) in [5.41, 5.74) is 0.310. The van der Waals surface area contributed by atoms with Gasteiger partial charge < -0.3 is 9.64 Å². The molecule has 2 aliphatic heterocycles. The van der Waals surface area contributed by atoms with Crippen LogP contribution in [0.1, 0.15) is 10.4 Å². The van der Waals surface area contributed by atoms with E-state index in [9.17, 15) is 26.4 Å². The molecule has 0 unspecified atom stereocenters. The van der Waals surface area contributed by atoms with Crippen LogP contribution in [-0.2, 0) is 14.8 Å². The predicted molar refractivity (Wildman–Crippen MR) is 94.4 cm³/mol. The first-order valence-corrected chi connectivity index (χ1v) is 10.4. The number of morpholine rings is 1. The number of hydrogen-bond acceptors (Lipinski definition) is 5. The van der Waals surface area contributed by atoms with Gasteiger partial charge in [0.1, 0.15) is 0 Å². The highest BCUT2D eigenvalue weighted by molar-refractivity contribution is 7.89. The summed E-state index contributed by atoms with van der Waals surface area (Å²) in [5, 5.41) is 0. The van der Waals surface area contributed by atoms with E-state index in [2.05, 4.69) is 0 Å². The Balaban J connectivity index is 1.61. The van der Waals surface area contributed by atoms with Crippen LogP contribution in [0.2, 0.25) is 0 Å². The fraction of sp³-hybridized carbons (Fsp3) is 0.588. The summed E-state index contributed by atoms with van der Waals surface area (Å²) in [4.78, 5) is 15.4. The Morgan fingerprint density at radius 3 is 2.07 bits per heavy atom. The van der Waals surface area contributed by atoms with Gasteiger partial charge in [-0.3, -0.25) is 9.69 Å². The maximum absolute atomic E-state index is 12.6. The van der Waals surface area contributed by atoms with E-state index in [0.717, 1.165) is 0 Å². The highest BCUT2D eigenvalue weighted by atomic mass is 32.2. The zero-order chi connectivity index (χ0) is 20.4. The lowest BCUT2D eigenvalue weighted by Crippen LogP contribution is -2.50. The average molecular weight is 421 g/mol. The SMILES string of the molecule is O=C(c1ccc(S(=O)(=O)N2CCOCC2)cc1)N1CCN(CC(F)(F)F)CC1. The van der Waals surface area contributed by atoms with E-state index in [-0.39, 0.29) is 50.1 Å². The average Bonchev–Trinajstić information content (AvgIpc) is 2.67. The number of hydrogen-bond donors (Lipinski definition) is 0. The van der Waals surface area contributed by atoms with Gasteiger partial charge >= 0.3 is 6.18 Å². The van der Waals surface area contributed by atoms with Crippen LogP contribution in [0.3, 0.4) is 0 Å². The highest BCUT2D eigenvalue weighted by Gasteiger charge is 2.33. The fourth-order valence-corrected chi connectivity index (χ4v) is 4.66. The molecule has 0 saturated carbocycles. The molecule has 2 fully saturated rings. The molecule has 0 N–H and O–H groups in total. The second-order valence-electron chi connectivity index (χ2n) is 6.72. The lowest BCUT2D eigenvalue weighted by molar-refractivity contribution is -0.148. The first-order chi connectivity index (χ1) is 13.2. The van der Waals surface area contributed by atoms with E-state index < -0.39 is 22.7 Å². The minimum atomic E-state index is -4.26. The van der Waals surface area contributed by atoms with Gasteiger partial charge in [0.05, 0.1) is 24.7 Å². The van der Waals surface area contributed by atoms with E-state index >= 15 is 0 Å². The van der Waals surface area contributed by atoms with Gasteiger partial charge in [-0.15, -0.1) is 0 Å². The van der Waals surface area contributed by atoms with Gasteiger partial charge in [0.2, 0.25) is 10.0 Å². The highest BCUT2D eigenvalue weighted by Crippen LogP contribution is 2.20. The summed E-state index contributed by atoms with van der Waals surface area (Å²) in [6, 6.07) is 5.66. The minimum Gasteiger partial charge on any atom is -0.379 e. The van der Waals surface area contributed by atoms with Crippen molar-refractivity contribution in [2.24, 2.45) is 0 Å². The van der Waals surface area contributed by atoms with Gasteiger partial charge in [-0.2, -0.15) is 17.5 Å². The molecule has 1 amide bonds. The number of sulfonamides is 1. The largest absolute Gasteiger partial charge is 0.401 e. The first kappa shape index (κ1) is 21.0. The molecule has 28 heavy (non-hydrogen) atoms. The summed E-state index contributed by atoms with van der Waals surface area (Å²) in [5.74, 6) is -0.318. The van der Waals surface area contributed by atoms with Crippen LogP contribution >= 0.6 is 0 Å². The van der Waals surface area contributed by atoms with Crippen LogP contribution in [0.5, 0.6) is 0 Å². The molecule has 3 rings (SSSR count). The lowest BCUT2D eigenvalue weighted by Gasteiger charge is -2.35. The summed E-state index contributed by atoms with van der Waals surface area (Å²) < 4.78 is 69.0. The second kappa shape index (κ2) is 8.36. The molecule has 11 heteroatoms. The van der Waals surface area contributed by atoms with Crippen molar-refractivity contribution in [3.63, 3.8) is 0 Å². The molecule has 0 aliphatic carbocycles. The van der Waals surface area contributed by atoms with Crippen molar-refractivity contribution in [2.45, 2.75) is 11.1 Å². The Labute approximate surface area is 161 Å². The maximum atomic E-state index is 12.6. The second-order valence-corrected chi connectivity index (χ2v) is 8.66. The third kappa shape index (κ3) is 5.02. The predicted octanol–water partition coefficient (Wildman–Crippen LogP) is 1.03. The summed E-state index contributed by atoms with van der Waals surface area (Å²) in [6.07, 6.45) is -4.26. The van der Waals surface area contributed by atoms with Crippen LogP contribution in [0.25, 0.3) is 0 Å². The van der Waals surface area contributed by atoms with E-state index in [4.69, 9.17) is 4.74 Å². The van der Waals surface area contributed by atoms with Gasteiger partial charge in [-0.25, -0.2) is 8.42 Å². The molecule has 2 aliphatic rings. The molecule has 156 valence electrons. The molecule has 0 atom stereocenters. The van der Waals surface area contributed by atoms with Crippen LogP contribution in [0.15, 0.2) is 29.2 Å². The summed E-state index contributed by atoms with van der Waals surface area (Å²) in [7, 11) is -3.64. The van der Waals surface area contributed by atoms with Crippen LogP contribution < -0.4 is 0 Å². The third-order valence-corrected chi connectivity index (χ3v) is 6.68. The molecule has 0 aromatic heterocycles. The molecular formula is C17H22F3N3O4S. The first-order valence-electron chi connectivity index (χ1n) is 8.93. The normalized spacial score (nSPS) is 20.3. The van der Waals surface area contributed by atoms with Gasteiger partial charge in [0, 0.05) is 44.8 Å². The van der Waals surface area contributed by atoms with Crippen molar-refractivity contribution in [2.75, 3.05) is 59.0 Å². The molecule has 0 radical (unpaired) electrons. The number of halogens is 3. The zero-order valence-corrected chi connectivity index (χ0v) is 16.0. The van der Waals surface area contributed by atoms with Crippen molar-refractivity contribution < 1.29 is 31.1 Å². The van der Waals surface area contributed by atoms with E-state index in [1.54, 1.807) is 0 Å². The van der Waals surface area contributed by atoms with Gasteiger partial charge in [0.25, 0.3) is 5.91 Å². The molecule has 7 nitrogen and oxygen atoms in total. The zero-order valence-electron chi connectivity index (χ0n) is 15.2. The minimum absolute atomic E-state index is 0.0981. The number of nitrogens with zero attached hydrogens (tertiary/aromatic N) is 3. The van der Waals surface area contributed by atoms with Gasteiger partial charge in [0.15, 0.2) is 0 Å². The quantitative estimate of drug-likeness (QED) is 0.726. The number of rotatable bonds is 4. The van der Waals surface area contributed by atoms with E-state index in [1.807, 2.05) is 0 Å². The Hall–Kier alpha value is -1.69. The summed E-state index contributed by atoms with van der Waals surface area (Å²) >= 11 is 0. The van der Waals surface area contributed by atoms with Crippen molar-refractivity contribution in [3.8, 4) is 0 Å². The topological polar surface area (TPSA) is 70.2 Å². The molecule has 1 aromatic carbocycles. The Morgan fingerprint density at radius 1 is 0.964 bits per heavy atom. The Morgan fingerprint density at radius 2 is 1.54 bits per heavy atom. The number of piperazine rings is 1. The van der Waals surface area contributed by atoms with Crippen molar-refractivity contribution >= 4 is 15.9 Å². The number of amides is 1. The smallest absolute Gasteiger partial charge is 0.379 e. The molecule has 0 spiro atoms. The van der Waals surface area contributed by atoms with Crippen LogP contribution in [-0.4, -0.2) is 93.6 Å². The number of alkyl halides is 3. The van der Waals surface area contributed by atoms with Crippen LogP contribution in [0.4, 0.5) is 13.2 Å². The number of carbonyl (C=O) groups excluding carboxylic acids is 1. The van der Waals surface area contributed by atoms with Crippen molar-refractivity contribution in [1.29, 1.82) is 0 Å². The van der Waals surface area contributed by atoms with E-state index in [0.29, 0.717) is 18.8 Å². The summed E-state index contributed by atoms with van der Waals surface area (Å²) in [6.45, 7) is 0.959. The standard InChI is InChI=1S/C17H22F3N3O4S/c18-17(19,20)13-21-5-7-22(8-6-21)16(24)14-1-3-15(4-2-14)28(25,26)23-9-11-27-12-10-23/h1-4H,5-13H2. The number of ether oxygens (including phenoxy) is 1. The van der Waals surface area contributed by atoms with Crippen molar-refractivity contribution in [1.82, 2.24) is 14.1 Å². The number of carbonyl (C=O) groups is 1. The van der Waals surface area contributed by atoms with Crippen molar-refractivity contribution in [3.05, 3.63) is 29.8 Å². The fourth-order valence-electron chi connectivity index (χ4n) is 3.25. The molecule has 2 saturated heterocycles. The Kier molecular flexibility index (Phi) is 6.28. The lowest BCUT2D eigenvalue weighted by atomic mass is 10.2. The molecule has 0 bridgehead atoms. The molecule has 1 aromatic rings. The molecular weight excluding hydrogens is 399 g/mol. The number of benzene rings is 1. The Bertz CT molecular complexity index is 785. The van der Waals surface area contributed by atoms with E-state index in [1.165, 1.54) is 38.4 Å². The van der Waals surface area contributed by atoms with Crippen LogP contribution in [0, 0.1) is 0 Å².